The third kappa shape index (κ3) is 2.30. The number of nitrogens with one attached hydrogen (secondary N) is 1. The Hall–Kier alpha value is -1.08. The summed E-state index contributed by atoms with van der Waals surface area (Å²) in [6, 6.07) is 2.37. The van der Waals surface area contributed by atoms with Crippen LogP contribution in [0, 0.1) is 28.6 Å². The van der Waals surface area contributed by atoms with Crippen LogP contribution in [0.1, 0.15) is 33.1 Å². The highest BCUT2D eigenvalue weighted by molar-refractivity contribution is 5.86. The number of hydrogen-bond donors (Lipinski definition) is 1. The summed E-state index contributed by atoms with van der Waals surface area (Å²) in [5.74, 6) is 0.755. The molecule has 1 aliphatic heterocycles. The molecule has 2 atom stereocenters. The van der Waals surface area contributed by atoms with E-state index in [4.69, 9.17) is 4.74 Å². The van der Waals surface area contributed by atoms with Gasteiger partial charge in [-0.05, 0) is 31.1 Å². The highest BCUT2D eigenvalue weighted by Gasteiger charge is 2.49. The van der Waals surface area contributed by atoms with E-state index in [1.807, 2.05) is 0 Å². The summed E-state index contributed by atoms with van der Waals surface area (Å²) in [5.41, 5.74) is -0.753. The number of carbonyl (C=O) groups is 1. The van der Waals surface area contributed by atoms with E-state index in [0.29, 0.717) is 37.9 Å². The Morgan fingerprint density at radius 2 is 2.18 bits per heavy atom. The fourth-order valence-electron chi connectivity index (χ4n) is 2.86. The van der Waals surface area contributed by atoms with Crippen LogP contribution in [-0.4, -0.2) is 25.2 Å². The minimum atomic E-state index is -0.753. The van der Waals surface area contributed by atoms with Crippen LogP contribution < -0.4 is 5.32 Å². The Balaban J connectivity index is 1.94. The van der Waals surface area contributed by atoms with Gasteiger partial charge in [-0.3, -0.25) is 4.79 Å². The van der Waals surface area contributed by atoms with Crippen molar-refractivity contribution < 1.29 is 9.53 Å². The molecule has 0 aromatic rings. The second-order valence-corrected chi connectivity index (χ2v) is 5.63. The van der Waals surface area contributed by atoms with E-state index in [2.05, 4.69) is 25.2 Å². The summed E-state index contributed by atoms with van der Waals surface area (Å²) in [6.45, 7) is 5.55. The van der Waals surface area contributed by atoms with Gasteiger partial charge in [0.05, 0.1) is 12.7 Å². The molecule has 1 saturated heterocycles. The normalized spacial score (nSPS) is 41.1. The summed E-state index contributed by atoms with van der Waals surface area (Å²) in [7, 11) is 0. The third-order valence-electron chi connectivity index (χ3n) is 4.00. The lowest BCUT2D eigenvalue weighted by Crippen LogP contribution is -2.53. The molecule has 1 N–H and O–H groups in total. The third-order valence-corrected chi connectivity index (χ3v) is 4.00. The van der Waals surface area contributed by atoms with E-state index < -0.39 is 5.41 Å². The van der Waals surface area contributed by atoms with Gasteiger partial charge in [-0.2, -0.15) is 5.26 Å². The molecule has 0 bridgehead atoms. The van der Waals surface area contributed by atoms with Gasteiger partial charge in [0.2, 0.25) is 5.91 Å². The molecular formula is C13H20N2O2. The average Bonchev–Trinajstić information content (AvgIpc) is 2.27. The molecule has 0 radical (unpaired) electrons. The lowest BCUT2D eigenvalue weighted by molar-refractivity contribution is -0.136. The zero-order valence-corrected chi connectivity index (χ0v) is 10.5. The van der Waals surface area contributed by atoms with E-state index >= 15 is 0 Å². The number of nitrogens with zero attached hydrogens (tertiary/aromatic N) is 1. The van der Waals surface area contributed by atoms with E-state index in [-0.39, 0.29) is 11.9 Å². The fourth-order valence-corrected chi connectivity index (χ4v) is 2.86. The van der Waals surface area contributed by atoms with Crippen molar-refractivity contribution in [2.45, 2.75) is 39.2 Å². The molecule has 1 heterocycles. The molecule has 1 amide bonds. The average molecular weight is 236 g/mol. The highest BCUT2D eigenvalue weighted by atomic mass is 16.5. The van der Waals surface area contributed by atoms with E-state index in [9.17, 15) is 10.1 Å². The zero-order valence-electron chi connectivity index (χ0n) is 10.5. The first kappa shape index (κ1) is 12.4. The van der Waals surface area contributed by atoms with E-state index in [1.165, 1.54) is 0 Å². The van der Waals surface area contributed by atoms with Gasteiger partial charge >= 0.3 is 0 Å². The highest BCUT2D eigenvalue weighted by Crippen LogP contribution is 2.45. The summed E-state index contributed by atoms with van der Waals surface area (Å²) in [5, 5.41) is 12.2. The molecule has 2 fully saturated rings. The maximum Gasteiger partial charge on any atom is 0.240 e. The minimum Gasteiger partial charge on any atom is -0.381 e. The van der Waals surface area contributed by atoms with Gasteiger partial charge in [-0.25, -0.2) is 0 Å². The van der Waals surface area contributed by atoms with Gasteiger partial charge in [0.1, 0.15) is 5.41 Å². The molecule has 1 aliphatic carbocycles. The lowest BCUT2D eigenvalue weighted by atomic mass is 9.63. The Morgan fingerprint density at radius 1 is 1.47 bits per heavy atom. The van der Waals surface area contributed by atoms with Crippen molar-refractivity contribution in [1.82, 2.24) is 5.32 Å². The number of rotatable bonds is 2. The summed E-state index contributed by atoms with van der Waals surface area (Å²) in [6.07, 6.45) is 2.25. The molecule has 0 aromatic carbocycles. The second kappa shape index (κ2) is 4.66. The topological polar surface area (TPSA) is 62.1 Å². The molecule has 94 valence electrons. The molecule has 4 heteroatoms. The molecule has 1 saturated carbocycles. The van der Waals surface area contributed by atoms with Crippen LogP contribution in [-0.2, 0) is 9.53 Å². The SMILES string of the molecule is CC1CC(C#N)(C(=O)NC2CCOCC2C)C1. The number of nitriles is 1. The van der Waals surface area contributed by atoms with Gasteiger partial charge in [-0.1, -0.05) is 13.8 Å². The van der Waals surface area contributed by atoms with Gasteiger partial charge in [0.15, 0.2) is 0 Å². The number of carbonyl (C=O) groups excluding carboxylic acids is 1. The Bertz CT molecular complexity index is 342. The smallest absolute Gasteiger partial charge is 0.240 e. The van der Waals surface area contributed by atoms with E-state index in [0.717, 1.165) is 6.42 Å². The number of ether oxygens (including phenoxy) is 1. The molecule has 0 spiro atoms. The first-order valence-corrected chi connectivity index (χ1v) is 6.37. The van der Waals surface area contributed by atoms with Crippen molar-refractivity contribution in [2.75, 3.05) is 13.2 Å². The van der Waals surface area contributed by atoms with Crippen LogP contribution in [0.15, 0.2) is 0 Å². The van der Waals surface area contributed by atoms with Crippen LogP contribution in [0.3, 0.4) is 0 Å². The Kier molecular flexibility index (Phi) is 3.39. The summed E-state index contributed by atoms with van der Waals surface area (Å²) < 4.78 is 5.35. The molecule has 0 aromatic heterocycles. The molecule has 2 aliphatic rings. The number of hydrogen-bond acceptors (Lipinski definition) is 3. The predicted octanol–water partition coefficient (Wildman–Crippen LogP) is 1.47. The molecule has 4 nitrogen and oxygen atoms in total. The molecule has 2 unspecified atom stereocenters. The summed E-state index contributed by atoms with van der Waals surface area (Å²) in [4.78, 5) is 12.2. The first-order valence-electron chi connectivity index (χ1n) is 6.37. The van der Waals surface area contributed by atoms with Crippen LogP contribution in [0.5, 0.6) is 0 Å². The monoisotopic (exact) mass is 236 g/mol. The molecule has 2 rings (SSSR count). The second-order valence-electron chi connectivity index (χ2n) is 5.63. The van der Waals surface area contributed by atoms with Crippen molar-refractivity contribution in [2.24, 2.45) is 17.3 Å². The minimum absolute atomic E-state index is 0.0724. The molecule has 17 heavy (non-hydrogen) atoms. The largest absolute Gasteiger partial charge is 0.381 e. The number of amides is 1. The van der Waals surface area contributed by atoms with Gasteiger partial charge < -0.3 is 10.1 Å². The van der Waals surface area contributed by atoms with Crippen molar-refractivity contribution >= 4 is 5.91 Å². The maximum absolute atomic E-state index is 12.2. The Morgan fingerprint density at radius 3 is 2.71 bits per heavy atom. The summed E-state index contributed by atoms with van der Waals surface area (Å²) >= 11 is 0. The standard InChI is InChI=1S/C13H20N2O2/c1-9-5-13(6-9,8-14)12(16)15-11-3-4-17-7-10(11)2/h9-11H,3-7H2,1-2H3,(H,15,16). The van der Waals surface area contributed by atoms with Crippen LogP contribution >= 0.6 is 0 Å². The van der Waals surface area contributed by atoms with Crippen molar-refractivity contribution in [1.29, 1.82) is 5.26 Å². The fraction of sp³-hybridized carbons (Fsp3) is 0.846. The maximum atomic E-state index is 12.2. The lowest BCUT2D eigenvalue weighted by Gasteiger charge is -2.41. The quantitative estimate of drug-likeness (QED) is 0.789. The van der Waals surface area contributed by atoms with Crippen molar-refractivity contribution in [3.8, 4) is 6.07 Å². The van der Waals surface area contributed by atoms with Crippen molar-refractivity contribution in [3.63, 3.8) is 0 Å². The van der Waals surface area contributed by atoms with Gasteiger partial charge in [0, 0.05) is 12.6 Å². The molecular weight excluding hydrogens is 216 g/mol. The predicted molar refractivity (Wildman–Crippen MR) is 63.0 cm³/mol. The van der Waals surface area contributed by atoms with Crippen LogP contribution in [0.4, 0.5) is 0 Å². The first-order chi connectivity index (χ1) is 8.07. The van der Waals surface area contributed by atoms with E-state index in [1.54, 1.807) is 0 Å². The van der Waals surface area contributed by atoms with Gasteiger partial charge in [0.25, 0.3) is 0 Å². The zero-order chi connectivity index (χ0) is 12.5. The van der Waals surface area contributed by atoms with Crippen molar-refractivity contribution in [3.05, 3.63) is 0 Å². The van der Waals surface area contributed by atoms with Gasteiger partial charge in [-0.15, -0.1) is 0 Å². The van der Waals surface area contributed by atoms with Crippen LogP contribution in [0.25, 0.3) is 0 Å². The van der Waals surface area contributed by atoms with Crippen LogP contribution in [0.2, 0.25) is 0 Å². The Labute approximate surface area is 102 Å².